The van der Waals surface area contributed by atoms with Gasteiger partial charge in [0.2, 0.25) is 5.91 Å². The van der Waals surface area contributed by atoms with Gasteiger partial charge in [-0.2, -0.15) is 0 Å². The van der Waals surface area contributed by atoms with Gasteiger partial charge in [0.05, 0.1) is 12.8 Å². The van der Waals surface area contributed by atoms with Crippen LogP contribution >= 0.6 is 11.8 Å². The summed E-state index contributed by atoms with van der Waals surface area (Å²) in [6.07, 6.45) is 2.93. The molecule has 3 rings (SSSR count). The highest BCUT2D eigenvalue weighted by Crippen LogP contribution is 2.44. The summed E-state index contributed by atoms with van der Waals surface area (Å²) in [5.74, 6) is 0.844. The summed E-state index contributed by atoms with van der Waals surface area (Å²) in [5, 5.41) is 2.92. The molecular weight excluding hydrogens is 282 g/mol. The first-order chi connectivity index (χ1) is 10.1. The lowest BCUT2D eigenvalue weighted by molar-refractivity contribution is -0.114. The molecule has 2 aromatic rings. The number of methoxy groups -OCH3 is 1. The van der Waals surface area contributed by atoms with Crippen LogP contribution in [0.3, 0.4) is 0 Å². The summed E-state index contributed by atoms with van der Waals surface area (Å²) >= 11 is 1.68. The highest BCUT2D eigenvalue weighted by atomic mass is 32.2. The Bertz CT molecular complexity index is 725. The Kier molecular flexibility index (Phi) is 3.64. The van der Waals surface area contributed by atoms with E-state index in [1.54, 1.807) is 18.9 Å². The van der Waals surface area contributed by atoms with E-state index in [0.29, 0.717) is 0 Å². The average Bonchev–Trinajstić information content (AvgIpc) is 2.83. The summed E-state index contributed by atoms with van der Waals surface area (Å²) in [7, 11) is 1.69. The van der Waals surface area contributed by atoms with Crippen LogP contribution in [0, 0.1) is 0 Å². The SMILES string of the molecule is COc1ccc2c(c1)Cc1c-2ccc(NC(C)=O)c1SC. The molecule has 0 aliphatic heterocycles. The first-order valence-electron chi connectivity index (χ1n) is 6.78. The standard InChI is InChI=1S/C17H17NO2S/c1-10(19)18-16-7-6-14-13-5-4-12(20-2)8-11(13)9-15(14)17(16)21-3/h4-8H,9H2,1-3H3,(H,18,19). The van der Waals surface area contributed by atoms with Crippen LogP contribution in [0.1, 0.15) is 18.1 Å². The molecule has 108 valence electrons. The van der Waals surface area contributed by atoms with E-state index < -0.39 is 0 Å². The molecule has 0 bridgehead atoms. The fourth-order valence-corrected chi connectivity index (χ4v) is 3.64. The lowest BCUT2D eigenvalue weighted by Gasteiger charge is -2.12. The van der Waals surface area contributed by atoms with Gasteiger partial charge >= 0.3 is 0 Å². The van der Waals surface area contributed by atoms with Crippen molar-refractivity contribution in [3.63, 3.8) is 0 Å². The van der Waals surface area contributed by atoms with Gasteiger partial charge in [0.15, 0.2) is 0 Å². The number of hydrogen-bond donors (Lipinski definition) is 1. The zero-order chi connectivity index (χ0) is 15.0. The minimum absolute atomic E-state index is 0.0394. The Hall–Kier alpha value is -1.94. The molecule has 3 nitrogen and oxygen atoms in total. The second-order valence-corrected chi connectivity index (χ2v) is 5.87. The van der Waals surface area contributed by atoms with Crippen molar-refractivity contribution in [1.82, 2.24) is 0 Å². The van der Waals surface area contributed by atoms with Gasteiger partial charge in [0.1, 0.15) is 5.75 Å². The Labute approximate surface area is 128 Å². The second-order valence-electron chi connectivity index (χ2n) is 5.05. The molecular formula is C17H17NO2S. The molecule has 0 spiro atoms. The number of nitrogens with one attached hydrogen (secondary N) is 1. The molecule has 1 aliphatic rings. The molecule has 0 saturated heterocycles. The van der Waals surface area contributed by atoms with Gasteiger partial charge in [-0.05, 0) is 53.1 Å². The van der Waals surface area contributed by atoms with Crippen molar-refractivity contribution in [3.05, 3.63) is 41.5 Å². The maximum absolute atomic E-state index is 11.3. The topological polar surface area (TPSA) is 38.3 Å². The third-order valence-corrected chi connectivity index (χ3v) is 4.62. The minimum atomic E-state index is -0.0394. The van der Waals surface area contributed by atoms with Crippen LogP contribution in [0.4, 0.5) is 5.69 Å². The monoisotopic (exact) mass is 299 g/mol. The number of carbonyl (C=O) groups excluding carboxylic acids is 1. The van der Waals surface area contributed by atoms with Gasteiger partial charge in [-0.15, -0.1) is 11.8 Å². The Balaban J connectivity index is 2.10. The van der Waals surface area contributed by atoms with Crippen molar-refractivity contribution < 1.29 is 9.53 Å². The number of amides is 1. The minimum Gasteiger partial charge on any atom is -0.497 e. The molecule has 21 heavy (non-hydrogen) atoms. The lowest BCUT2D eigenvalue weighted by atomic mass is 10.1. The fourth-order valence-electron chi connectivity index (χ4n) is 2.87. The molecule has 0 fully saturated rings. The maximum Gasteiger partial charge on any atom is 0.221 e. The summed E-state index contributed by atoms with van der Waals surface area (Å²) in [6.45, 7) is 1.54. The number of benzene rings is 2. The predicted octanol–water partition coefficient (Wildman–Crippen LogP) is 3.95. The third kappa shape index (κ3) is 2.40. The van der Waals surface area contributed by atoms with E-state index in [1.807, 2.05) is 18.4 Å². The quantitative estimate of drug-likeness (QED) is 0.744. The zero-order valence-corrected chi connectivity index (χ0v) is 13.1. The van der Waals surface area contributed by atoms with Crippen LogP contribution in [-0.2, 0) is 11.2 Å². The van der Waals surface area contributed by atoms with E-state index in [0.717, 1.165) is 22.8 Å². The maximum atomic E-state index is 11.3. The normalized spacial score (nSPS) is 11.8. The number of anilines is 1. The van der Waals surface area contributed by atoms with E-state index >= 15 is 0 Å². The third-order valence-electron chi connectivity index (χ3n) is 3.75. The van der Waals surface area contributed by atoms with Crippen LogP contribution in [0.15, 0.2) is 35.2 Å². The molecule has 2 aromatic carbocycles. The van der Waals surface area contributed by atoms with E-state index in [9.17, 15) is 4.79 Å². The number of carbonyl (C=O) groups is 1. The van der Waals surface area contributed by atoms with E-state index in [2.05, 4.69) is 23.5 Å². The molecule has 0 unspecified atom stereocenters. The highest BCUT2D eigenvalue weighted by molar-refractivity contribution is 7.98. The van der Waals surface area contributed by atoms with E-state index in [-0.39, 0.29) is 5.91 Å². The first-order valence-corrected chi connectivity index (χ1v) is 8.01. The van der Waals surface area contributed by atoms with Gasteiger partial charge in [0.25, 0.3) is 0 Å². The largest absolute Gasteiger partial charge is 0.497 e. The van der Waals surface area contributed by atoms with Crippen molar-refractivity contribution in [2.24, 2.45) is 0 Å². The molecule has 0 heterocycles. The van der Waals surface area contributed by atoms with Crippen LogP contribution in [0.2, 0.25) is 0 Å². The number of thioether (sulfide) groups is 1. The van der Waals surface area contributed by atoms with Gasteiger partial charge in [0, 0.05) is 11.8 Å². The van der Waals surface area contributed by atoms with Crippen molar-refractivity contribution in [2.45, 2.75) is 18.2 Å². The van der Waals surface area contributed by atoms with Crippen LogP contribution < -0.4 is 10.1 Å². The second kappa shape index (κ2) is 5.45. The number of hydrogen-bond acceptors (Lipinski definition) is 3. The summed E-state index contributed by atoms with van der Waals surface area (Å²) in [5.41, 5.74) is 5.98. The summed E-state index contributed by atoms with van der Waals surface area (Å²) < 4.78 is 5.31. The van der Waals surface area contributed by atoms with Crippen molar-refractivity contribution in [3.8, 4) is 16.9 Å². The van der Waals surface area contributed by atoms with Crippen LogP contribution in [-0.4, -0.2) is 19.3 Å². The summed E-state index contributed by atoms with van der Waals surface area (Å²) in [4.78, 5) is 12.5. The fraction of sp³-hybridized carbons (Fsp3) is 0.235. The van der Waals surface area contributed by atoms with E-state index in [4.69, 9.17) is 4.74 Å². The van der Waals surface area contributed by atoms with Gasteiger partial charge in [-0.1, -0.05) is 12.1 Å². The average molecular weight is 299 g/mol. The van der Waals surface area contributed by atoms with Crippen molar-refractivity contribution >= 4 is 23.4 Å². The van der Waals surface area contributed by atoms with Gasteiger partial charge in [-0.3, -0.25) is 4.79 Å². The number of ether oxygens (including phenoxy) is 1. The van der Waals surface area contributed by atoms with Gasteiger partial charge < -0.3 is 10.1 Å². The van der Waals surface area contributed by atoms with Gasteiger partial charge in [-0.25, -0.2) is 0 Å². The zero-order valence-electron chi connectivity index (χ0n) is 12.3. The Morgan fingerprint density at radius 3 is 2.67 bits per heavy atom. The lowest BCUT2D eigenvalue weighted by Crippen LogP contribution is -2.07. The van der Waals surface area contributed by atoms with Crippen molar-refractivity contribution in [1.29, 1.82) is 0 Å². The predicted molar refractivity (Wildman–Crippen MR) is 87.3 cm³/mol. The van der Waals surface area contributed by atoms with Crippen molar-refractivity contribution in [2.75, 3.05) is 18.7 Å². The number of fused-ring (bicyclic) bond motifs is 3. The van der Waals surface area contributed by atoms with Crippen LogP contribution in [0.25, 0.3) is 11.1 Å². The molecule has 0 atom stereocenters. The smallest absolute Gasteiger partial charge is 0.221 e. The Morgan fingerprint density at radius 2 is 2.00 bits per heavy atom. The Morgan fingerprint density at radius 1 is 1.24 bits per heavy atom. The first kappa shape index (κ1) is 14.0. The molecule has 1 amide bonds. The number of rotatable bonds is 3. The molecule has 4 heteroatoms. The molecule has 1 N–H and O–H groups in total. The molecule has 0 saturated carbocycles. The molecule has 0 aromatic heterocycles. The molecule has 1 aliphatic carbocycles. The van der Waals surface area contributed by atoms with Crippen LogP contribution in [0.5, 0.6) is 5.75 Å². The van der Waals surface area contributed by atoms with E-state index in [1.165, 1.54) is 29.2 Å². The highest BCUT2D eigenvalue weighted by Gasteiger charge is 2.23. The molecule has 0 radical (unpaired) electrons. The summed E-state index contributed by atoms with van der Waals surface area (Å²) in [6, 6.07) is 10.3.